The first kappa shape index (κ1) is 9.62. The largest absolute Gasteiger partial charge is 0.310 e. The van der Waals surface area contributed by atoms with Crippen LogP contribution in [0.25, 0.3) is 15.2 Å². The van der Waals surface area contributed by atoms with E-state index in [0.717, 1.165) is 17.5 Å². The molecular weight excluding hydrogens is 230 g/mol. The summed E-state index contributed by atoms with van der Waals surface area (Å²) in [5.74, 6) is 0. The smallest absolute Gasteiger partial charge is 0.194 e. The van der Waals surface area contributed by atoms with Gasteiger partial charge in [-0.1, -0.05) is 17.4 Å². The van der Waals surface area contributed by atoms with Gasteiger partial charge in [-0.05, 0) is 30.5 Å². The molecule has 0 unspecified atom stereocenters. The third-order valence-corrected chi connectivity index (χ3v) is 4.30. The SMILES string of the molecule is c1cn2c(n1)sc1cc(CNC3CC3)ccc12. The van der Waals surface area contributed by atoms with Gasteiger partial charge in [0.15, 0.2) is 4.96 Å². The zero-order valence-corrected chi connectivity index (χ0v) is 10.2. The lowest BCUT2D eigenvalue weighted by atomic mass is 10.2. The highest BCUT2D eigenvalue weighted by atomic mass is 32.1. The van der Waals surface area contributed by atoms with Gasteiger partial charge in [0.2, 0.25) is 0 Å². The summed E-state index contributed by atoms with van der Waals surface area (Å²) in [6.45, 7) is 0.987. The molecule has 3 aromatic rings. The number of fused-ring (bicyclic) bond motifs is 3. The summed E-state index contributed by atoms with van der Waals surface area (Å²) >= 11 is 1.76. The highest BCUT2D eigenvalue weighted by Crippen LogP contribution is 2.26. The molecule has 2 aromatic heterocycles. The highest BCUT2D eigenvalue weighted by Gasteiger charge is 2.19. The average molecular weight is 243 g/mol. The molecule has 0 atom stereocenters. The molecule has 0 amide bonds. The van der Waals surface area contributed by atoms with Crippen molar-refractivity contribution < 1.29 is 0 Å². The van der Waals surface area contributed by atoms with Gasteiger partial charge in [-0.2, -0.15) is 0 Å². The third kappa shape index (κ3) is 1.64. The lowest BCUT2D eigenvalue weighted by Crippen LogP contribution is -2.14. The minimum Gasteiger partial charge on any atom is -0.310 e. The maximum Gasteiger partial charge on any atom is 0.194 e. The monoisotopic (exact) mass is 243 g/mol. The van der Waals surface area contributed by atoms with E-state index in [9.17, 15) is 0 Å². The number of nitrogens with one attached hydrogen (secondary N) is 1. The number of imidazole rings is 1. The number of hydrogen-bond acceptors (Lipinski definition) is 3. The van der Waals surface area contributed by atoms with Crippen molar-refractivity contribution in [3.8, 4) is 0 Å². The molecular formula is C13H13N3S. The molecule has 0 bridgehead atoms. The van der Waals surface area contributed by atoms with Gasteiger partial charge in [0.25, 0.3) is 0 Å². The fourth-order valence-corrected chi connectivity index (χ4v) is 3.19. The number of thiazole rings is 1. The second kappa shape index (κ2) is 3.55. The Balaban J connectivity index is 1.74. The van der Waals surface area contributed by atoms with Gasteiger partial charge in [-0.3, -0.25) is 4.40 Å². The number of aromatic nitrogens is 2. The van der Waals surface area contributed by atoms with Gasteiger partial charge in [0.05, 0.1) is 10.2 Å². The summed E-state index contributed by atoms with van der Waals surface area (Å²) in [7, 11) is 0. The molecule has 0 aliphatic heterocycles. The summed E-state index contributed by atoms with van der Waals surface area (Å²) in [5.41, 5.74) is 2.63. The van der Waals surface area contributed by atoms with Crippen molar-refractivity contribution in [3.05, 3.63) is 36.2 Å². The first-order valence-electron chi connectivity index (χ1n) is 5.98. The minimum atomic E-state index is 0.770. The van der Waals surface area contributed by atoms with E-state index < -0.39 is 0 Å². The van der Waals surface area contributed by atoms with E-state index in [1.807, 2.05) is 12.4 Å². The van der Waals surface area contributed by atoms with E-state index in [-0.39, 0.29) is 0 Å². The van der Waals surface area contributed by atoms with Crippen molar-refractivity contribution in [2.45, 2.75) is 25.4 Å². The van der Waals surface area contributed by atoms with Crippen LogP contribution in [-0.2, 0) is 6.54 Å². The molecule has 1 fully saturated rings. The van der Waals surface area contributed by atoms with Crippen LogP contribution in [-0.4, -0.2) is 15.4 Å². The third-order valence-electron chi connectivity index (χ3n) is 3.26. The van der Waals surface area contributed by atoms with Gasteiger partial charge < -0.3 is 5.32 Å². The van der Waals surface area contributed by atoms with Crippen LogP contribution >= 0.6 is 11.3 Å². The Morgan fingerprint density at radius 1 is 1.41 bits per heavy atom. The highest BCUT2D eigenvalue weighted by molar-refractivity contribution is 7.23. The zero-order chi connectivity index (χ0) is 11.2. The van der Waals surface area contributed by atoms with E-state index in [4.69, 9.17) is 0 Å². The van der Waals surface area contributed by atoms with Crippen LogP contribution in [0.4, 0.5) is 0 Å². The molecule has 17 heavy (non-hydrogen) atoms. The minimum absolute atomic E-state index is 0.770. The lowest BCUT2D eigenvalue weighted by molar-refractivity contribution is 0.688. The molecule has 1 aromatic carbocycles. The van der Waals surface area contributed by atoms with Crippen LogP contribution in [0.1, 0.15) is 18.4 Å². The van der Waals surface area contributed by atoms with E-state index in [1.54, 1.807) is 11.3 Å². The fraction of sp³-hybridized carbons (Fsp3) is 0.308. The Bertz CT molecular complexity index is 678. The standard InChI is InChI=1S/C13H13N3S/c1-4-11-12(17-13-14-5-6-16(11)13)7-9(1)8-15-10-2-3-10/h1,4-7,10,15H,2-3,8H2. The molecule has 4 rings (SSSR count). The van der Waals surface area contributed by atoms with E-state index in [2.05, 4.69) is 32.9 Å². The summed E-state index contributed by atoms with van der Waals surface area (Å²) < 4.78 is 3.47. The molecule has 86 valence electrons. The average Bonchev–Trinajstić information content (AvgIpc) is 2.95. The number of nitrogens with zero attached hydrogens (tertiary/aromatic N) is 2. The molecule has 1 aliphatic rings. The molecule has 1 N–H and O–H groups in total. The molecule has 0 radical (unpaired) electrons. The van der Waals surface area contributed by atoms with Crippen molar-refractivity contribution in [1.82, 2.24) is 14.7 Å². The first-order chi connectivity index (χ1) is 8.40. The normalized spacial score (nSPS) is 16.0. The molecule has 0 spiro atoms. The zero-order valence-electron chi connectivity index (χ0n) is 9.39. The van der Waals surface area contributed by atoms with E-state index in [1.165, 1.54) is 28.6 Å². The lowest BCUT2D eigenvalue weighted by Gasteiger charge is -2.02. The Hall–Kier alpha value is -1.39. The molecule has 3 nitrogen and oxygen atoms in total. The fourth-order valence-electron chi connectivity index (χ4n) is 2.15. The Morgan fingerprint density at radius 3 is 3.24 bits per heavy atom. The van der Waals surface area contributed by atoms with Crippen LogP contribution in [0.2, 0.25) is 0 Å². The molecule has 1 saturated carbocycles. The molecule has 4 heteroatoms. The van der Waals surface area contributed by atoms with Crippen LogP contribution in [0.5, 0.6) is 0 Å². The van der Waals surface area contributed by atoms with Crippen molar-refractivity contribution in [2.24, 2.45) is 0 Å². The van der Waals surface area contributed by atoms with Crippen LogP contribution in [0, 0.1) is 0 Å². The van der Waals surface area contributed by atoms with Crippen LogP contribution in [0.3, 0.4) is 0 Å². The Labute approximate surface area is 103 Å². The Kier molecular flexibility index (Phi) is 2.01. The quantitative estimate of drug-likeness (QED) is 0.766. The number of benzene rings is 1. The van der Waals surface area contributed by atoms with Crippen molar-refractivity contribution in [2.75, 3.05) is 0 Å². The number of hydrogen-bond donors (Lipinski definition) is 1. The van der Waals surface area contributed by atoms with Crippen molar-refractivity contribution >= 4 is 26.5 Å². The molecule has 1 aliphatic carbocycles. The maximum absolute atomic E-state index is 4.34. The summed E-state index contributed by atoms with van der Waals surface area (Å²) in [5, 5.41) is 3.55. The molecule has 0 saturated heterocycles. The molecule has 2 heterocycles. The first-order valence-corrected chi connectivity index (χ1v) is 6.80. The van der Waals surface area contributed by atoms with Gasteiger partial charge in [-0.15, -0.1) is 0 Å². The van der Waals surface area contributed by atoms with Gasteiger partial charge in [-0.25, -0.2) is 4.98 Å². The van der Waals surface area contributed by atoms with Gasteiger partial charge in [0.1, 0.15) is 0 Å². The van der Waals surface area contributed by atoms with Crippen molar-refractivity contribution in [1.29, 1.82) is 0 Å². The van der Waals surface area contributed by atoms with Crippen LogP contribution < -0.4 is 5.32 Å². The van der Waals surface area contributed by atoms with Crippen LogP contribution in [0.15, 0.2) is 30.6 Å². The second-order valence-electron chi connectivity index (χ2n) is 4.64. The van der Waals surface area contributed by atoms with E-state index >= 15 is 0 Å². The topological polar surface area (TPSA) is 29.3 Å². The second-order valence-corrected chi connectivity index (χ2v) is 5.65. The number of rotatable bonds is 3. The van der Waals surface area contributed by atoms with E-state index in [0.29, 0.717) is 0 Å². The van der Waals surface area contributed by atoms with Gasteiger partial charge >= 0.3 is 0 Å². The Morgan fingerprint density at radius 2 is 2.35 bits per heavy atom. The summed E-state index contributed by atoms with van der Waals surface area (Å²) in [6.07, 6.45) is 6.56. The summed E-state index contributed by atoms with van der Waals surface area (Å²) in [6, 6.07) is 7.46. The predicted molar refractivity (Wildman–Crippen MR) is 70.4 cm³/mol. The van der Waals surface area contributed by atoms with Crippen molar-refractivity contribution in [3.63, 3.8) is 0 Å². The summed E-state index contributed by atoms with van der Waals surface area (Å²) in [4.78, 5) is 5.41. The predicted octanol–water partition coefficient (Wildman–Crippen LogP) is 2.80. The maximum atomic E-state index is 4.34. The van der Waals surface area contributed by atoms with Gasteiger partial charge in [0, 0.05) is 25.0 Å².